The van der Waals surface area contributed by atoms with Crippen LogP contribution in [-0.2, 0) is 34.4 Å². The van der Waals surface area contributed by atoms with Crippen molar-refractivity contribution < 1.29 is 27.9 Å². The highest BCUT2D eigenvalue weighted by Gasteiger charge is 2.44. The van der Waals surface area contributed by atoms with Gasteiger partial charge in [-0.2, -0.15) is 9.40 Å². The van der Waals surface area contributed by atoms with Crippen LogP contribution < -0.4 is 15.0 Å². The molecule has 2 heterocycles. The van der Waals surface area contributed by atoms with E-state index in [0.29, 0.717) is 30.2 Å². The predicted octanol–water partition coefficient (Wildman–Crippen LogP) is 3.31. The molecule has 2 N–H and O–H groups in total. The number of rotatable bonds is 9. The van der Waals surface area contributed by atoms with Crippen LogP contribution in [0.3, 0.4) is 0 Å². The molecular formula is C28H28N4O6S. The molecule has 0 saturated heterocycles. The minimum Gasteiger partial charge on any atom is -0.489 e. The summed E-state index contributed by atoms with van der Waals surface area (Å²) in [5.41, 5.74) is 4.40. The molecule has 1 aliphatic rings. The fourth-order valence-electron chi connectivity index (χ4n) is 4.70. The molecule has 39 heavy (non-hydrogen) atoms. The molecule has 3 aromatic carbocycles. The van der Waals surface area contributed by atoms with Crippen molar-refractivity contribution >= 4 is 15.9 Å². The van der Waals surface area contributed by atoms with Gasteiger partial charge in [-0.3, -0.25) is 10.0 Å². The molecule has 10 nitrogen and oxygen atoms in total. The van der Waals surface area contributed by atoms with E-state index in [4.69, 9.17) is 9.47 Å². The van der Waals surface area contributed by atoms with Gasteiger partial charge in [0.05, 0.1) is 29.8 Å². The summed E-state index contributed by atoms with van der Waals surface area (Å²) < 4.78 is 41.6. The molecule has 0 radical (unpaired) electrons. The smallest absolute Gasteiger partial charge is 0.266 e. The van der Waals surface area contributed by atoms with E-state index in [1.807, 2.05) is 60.7 Å². The quantitative estimate of drug-likeness (QED) is 0.243. The standard InChI is InChI=1S/C28H28N4O6S/c1-37-28-25-24(29-31(28)18-20-8-4-2-5-9-20)16-17-32(26(25)27(33)30-34)39(35,36)23-14-12-22(13-15-23)38-19-21-10-6-3-7-11-21/h2-15,26,34H,16-19H2,1H3,(H,30,33). The number of ether oxygens (including phenoxy) is 2. The number of hydrogen-bond acceptors (Lipinski definition) is 7. The number of carbonyl (C=O) groups is 1. The summed E-state index contributed by atoms with van der Waals surface area (Å²) in [6, 6.07) is 23.8. The third-order valence-electron chi connectivity index (χ3n) is 6.55. The van der Waals surface area contributed by atoms with Crippen LogP contribution in [-0.4, -0.2) is 47.3 Å². The highest BCUT2D eigenvalue weighted by atomic mass is 32.2. The zero-order valence-corrected chi connectivity index (χ0v) is 22.0. The fraction of sp³-hybridized carbons (Fsp3) is 0.214. The first-order valence-electron chi connectivity index (χ1n) is 12.3. The number of carbonyl (C=O) groups excluding carboxylic acids is 1. The first kappa shape index (κ1) is 26.4. The molecule has 1 atom stereocenters. The lowest BCUT2D eigenvalue weighted by atomic mass is 10.0. The summed E-state index contributed by atoms with van der Waals surface area (Å²) in [6.45, 7) is 0.695. The molecule has 4 aromatic rings. The Kier molecular flexibility index (Phi) is 7.64. The topological polar surface area (TPSA) is 123 Å². The highest BCUT2D eigenvalue weighted by molar-refractivity contribution is 7.89. The average Bonchev–Trinajstić information content (AvgIpc) is 3.33. The number of nitrogens with one attached hydrogen (secondary N) is 1. The lowest BCUT2D eigenvalue weighted by molar-refractivity contribution is -0.133. The van der Waals surface area contributed by atoms with E-state index < -0.39 is 22.0 Å². The zero-order chi connectivity index (χ0) is 27.4. The summed E-state index contributed by atoms with van der Waals surface area (Å²) in [5, 5.41) is 14.2. The van der Waals surface area contributed by atoms with Gasteiger partial charge in [0, 0.05) is 13.0 Å². The van der Waals surface area contributed by atoms with E-state index in [2.05, 4.69) is 5.10 Å². The number of aromatic nitrogens is 2. The van der Waals surface area contributed by atoms with Crippen LogP contribution in [0.4, 0.5) is 0 Å². The maximum atomic E-state index is 13.8. The minimum atomic E-state index is -4.15. The maximum Gasteiger partial charge on any atom is 0.266 e. The maximum absolute atomic E-state index is 13.8. The normalized spacial score (nSPS) is 15.4. The predicted molar refractivity (Wildman–Crippen MR) is 142 cm³/mol. The van der Waals surface area contributed by atoms with Crippen LogP contribution in [0.25, 0.3) is 0 Å². The Balaban J connectivity index is 1.44. The van der Waals surface area contributed by atoms with Gasteiger partial charge in [0.25, 0.3) is 5.91 Å². The first-order chi connectivity index (χ1) is 18.9. The molecule has 1 unspecified atom stereocenters. The van der Waals surface area contributed by atoms with Crippen molar-refractivity contribution in [1.29, 1.82) is 0 Å². The zero-order valence-electron chi connectivity index (χ0n) is 21.2. The van der Waals surface area contributed by atoms with Gasteiger partial charge in [0.15, 0.2) is 0 Å². The summed E-state index contributed by atoms with van der Waals surface area (Å²) in [7, 11) is -2.72. The number of nitrogens with zero attached hydrogens (tertiary/aromatic N) is 3. The second-order valence-corrected chi connectivity index (χ2v) is 10.9. The van der Waals surface area contributed by atoms with E-state index >= 15 is 0 Å². The fourth-order valence-corrected chi connectivity index (χ4v) is 6.26. The SMILES string of the molecule is COc1c2c(nn1Cc1ccccc1)CCN(S(=O)(=O)c1ccc(OCc3ccccc3)cc1)C2C(=O)NO. The third-order valence-corrected chi connectivity index (χ3v) is 8.43. The number of hydroxylamine groups is 1. The number of benzene rings is 3. The summed E-state index contributed by atoms with van der Waals surface area (Å²) in [6.07, 6.45) is 0.264. The number of amides is 1. The Morgan fingerprint density at radius 3 is 2.26 bits per heavy atom. The number of methoxy groups -OCH3 is 1. The molecule has 0 fully saturated rings. The second kappa shape index (κ2) is 11.3. The van der Waals surface area contributed by atoms with Crippen molar-refractivity contribution in [2.75, 3.05) is 13.7 Å². The number of sulfonamides is 1. The molecule has 0 spiro atoms. The van der Waals surface area contributed by atoms with Crippen LogP contribution in [0.2, 0.25) is 0 Å². The first-order valence-corrected chi connectivity index (χ1v) is 13.8. The van der Waals surface area contributed by atoms with Gasteiger partial charge >= 0.3 is 0 Å². The molecule has 5 rings (SSSR count). The van der Waals surface area contributed by atoms with Gasteiger partial charge in [0.1, 0.15) is 18.4 Å². The highest BCUT2D eigenvalue weighted by Crippen LogP contribution is 2.40. The molecule has 0 aliphatic carbocycles. The van der Waals surface area contributed by atoms with Crippen molar-refractivity contribution in [3.8, 4) is 11.6 Å². The second-order valence-electron chi connectivity index (χ2n) is 9.00. The van der Waals surface area contributed by atoms with Gasteiger partial charge in [-0.1, -0.05) is 60.7 Å². The van der Waals surface area contributed by atoms with Gasteiger partial charge in [0.2, 0.25) is 15.9 Å². The van der Waals surface area contributed by atoms with Crippen LogP contribution in [0.5, 0.6) is 11.6 Å². The van der Waals surface area contributed by atoms with E-state index in [1.165, 1.54) is 19.2 Å². The monoisotopic (exact) mass is 548 g/mol. The van der Waals surface area contributed by atoms with Crippen LogP contribution in [0, 0.1) is 0 Å². The molecule has 202 valence electrons. The summed E-state index contributed by atoms with van der Waals surface area (Å²) >= 11 is 0. The molecular weight excluding hydrogens is 520 g/mol. The van der Waals surface area contributed by atoms with Gasteiger partial charge in [-0.05, 0) is 35.4 Å². The Hall–Kier alpha value is -4.19. The molecule has 1 aromatic heterocycles. The lowest BCUT2D eigenvalue weighted by Gasteiger charge is -2.32. The molecule has 0 saturated carbocycles. The van der Waals surface area contributed by atoms with Crippen LogP contribution >= 0.6 is 0 Å². The molecule has 0 bridgehead atoms. The van der Waals surface area contributed by atoms with Gasteiger partial charge in [-0.15, -0.1) is 0 Å². The number of fused-ring (bicyclic) bond motifs is 1. The van der Waals surface area contributed by atoms with Crippen molar-refractivity contribution in [3.05, 3.63) is 107 Å². The average molecular weight is 549 g/mol. The third kappa shape index (κ3) is 5.37. The van der Waals surface area contributed by atoms with E-state index in [0.717, 1.165) is 15.4 Å². The van der Waals surface area contributed by atoms with Crippen LogP contribution in [0.15, 0.2) is 89.8 Å². The molecule has 11 heteroatoms. The van der Waals surface area contributed by atoms with Gasteiger partial charge < -0.3 is 9.47 Å². The van der Waals surface area contributed by atoms with Crippen molar-refractivity contribution in [3.63, 3.8) is 0 Å². The van der Waals surface area contributed by atoms with Crippen molar-refractivity contribution in [2.45, 2.75) is 30.5 Å². The van der Waals surface area contributed by atoms with Crippen molar-refractivity contribution in [1.82, 2.24) is 19.6 Å². The summed E-state index contributed by atoms with van der Waals surface area (Å²) in [4.78, 5) is 12.9. The summed E-state index contributed by atoms with van der Waals surface area (Å²) in [5.74, 6) is -0.140. The Labute approximate surface area is 226 Å². The minimum absolute atomic E-state index is 0.00875. The van der Waals surface area contributed by atoms with Crippen molar-refractivity contribution in [2.24, 2.45) is 0 Å². The van der Waals surface area contributed by atoms with Gasteiger partial charge in [-0.25, -0.2) is 18.6 Å². The number of hydrogen-bond donors (Lipinski definition) is 2. The Morgan fingerprint density at radius 2 is 1.64 bits per heavy atom. The van der Waals surface area contributed by atoms with E-state index in [1.54, 1.807) is 22.3 Å². The lowest BCUT2D eigenvalue weighted by Crippen LogP contribution is -2.46. The Morgan fingerprint density at radius 1 is 1.00 bits per heavy atom. The van der Waals surface area contributed by atoms with E-state index in [9.17, 15) is 18.4 Å². The van der Waals surface area contributed by atoms with Crippen LogP contribution in [0.1, 0.15) is 28.4 Å². The Bertz CT molecular complexity index is 1540. The molecule has 1 amide bonds. The largest absolute Gasteiger partial charge is 0.489 e. The van der Waals surface area contributed by atoms with E-state index in [-0.39, 0.29) is 23.7 Å². The molecule has 1 aliphatic heterocycles.